The third-order valence-corrected chi connectivity index (χ3v) is 4.70. The van der Waals surface area contributed by atoms with E-state index >= 15 is 0 Å². The highest BCUT2D eigenvalue weighted by atomic mass is 16.5. The number of hydrogen-bond donors (Lipinski definition) is 2. The van der Waals surface area contributed by atoms with Gasteiger partial charge in [-0.2, -0.15) is 0 Å². The van der Waals surface area contributed by atoms with E-state index in [9.17, 15) is 9.59 Å². The van der Waals surface area contributed by atoms with E-state index in [1.54, 1.807) is 24.3 Å². The maximum atomic E-state index is 12.3. The Labute approximate surface area is 141 Å². The molecule has 6 nitrogen and oxygen atoms in total. The maximum Gasteiger partial charge on any atom is 0.306 e. The molecule has 3 rings (SSSR count). The number of nitrogens with one attached hydrogen (secondary N) is 1. The fourth-order valence-corrected chi connectivity index (χ4v) is 3.28. The number of amides is 1. The summed E-state index contributed by atoms with van der Waals surface area (Å²) < 4.78 is 11.2. The van der Waals surface area contributed by atoms with Crippen molar-refractivity contribution in [3.63, 3.8) is 0 Å². The molecule has 1 saturated carbocycles. The summed E-state index contributed by atoms with van der Waals surface area (Å²) in [6.45, 7) is 1.45. The summed E-state index contributed by atoms with van der Waals surface area (Å²) >= 11 is 0. The van der Waals surface area contributed by atoms with Crippen molar-refractivity contribution < 1.29 is 24.2 Å². The van der Waals surface area contributed by atoms with Crippen LogP contribution in [0.5, 0.6) is 5.75 Å². The minimum absolute atomic E-state index is 0.0586. The average Bonchev–Trinajstić information content (AvgIpc) is 3.05. The molecule has 1 saturated heterocycles. The highest BCUT2D eigenvalue weighted by Gasteiger charge is 2.30. The van der Waals surface area contributed by atoms with Crippen molar-refractivity contribution in [2.45, 2.75) is 44.2 Å². The predicted molar refractivity (Wildman–Crippen MR) is 87.1 cm³/mol. The van der Waals surface area contributed by atoms with Crippen LogP contribution in [0.25, 0.3) is 0 Å². The summed E-state index contributed by atoms with van der Waals surface area (Å²) in [5.74, 6) is -0.527. The molecule has 1 aliphatic heterocycles. The van der Waals surface area contributed by atoms with E-state index in [1.165, 1.54) is 0 Å². The minimum atomic E-state index is -0.777. The van der Waals surface area contributed by atoms with Gasteiger partial charge in [-0.25, -0.2) is 0 Å². The van der Waals surface area contributed by atoms with Gasteiger partial charge >= 0.3 is 5.97 Å². The lowest BCUT2D eigenvalue weighted by Gasteiger charge is -2.23. The smallest absolute Gasteiger partial charge is 0.306 e. The van der Waals surface area contributed by atoms with E-state index in [1.807, 2.05) is 0 Å². The monoisotopic (exact) mass is 333 g/mol. The molecule has 1 aromatic rings. The SMILES string of the molecule is O=C(N[C@@H]1CC[C@H](C(=O)O)C1)c1ccc(OC2CCOCC2)cc1. The summed E-state index contributed by atoms with van der Waals surface area (Å²) in [7, 11) is 0. The van der Waals surface area contributed by atoms with Crippen LogP contribution in [0.4, 0.5) is 0 Å². The number of carboxylic acids is 1. The van der Waals surface area contributed by atoms with E-state index in [-0.39, 0.29) is 24.0 Å². The zero-order valence-corrected chi connectivity index (χ0v) is 13.6. The maximum absolute atomic E-state index is 12.3. The highest BCUT2D eigenvalue weighted by molar-refractivity contribution is 5.94. The molecule has 24 heavy (non-hydrogen) atoms. The Morgan fingerprint density at radius 2 is 1.79 bits per heavy atom. The van der Waals surface area contributed by atoms with Gasteiger partial charge in [0.1, 0.15) is 11.9 Å². The lowest BCUT2D eigenvalue weighted by molar-refractivity contribution is -0.141. The van der Waals surface area contributed by atoms with Crippen molar-refractivity contribution >= 4 is 11.9 Å². The van der Waals surface area contributed by atoms with E-state index in [0.29, 0.717) is 24.8 Å². The molecular weight excluding hydrogens is 310 g/mol. The lowest BCUT2D eigenvalue weighted by Crippen LogP contribution is -2.33. The molecule has 0 aromatic heterocycles. The fourth-order valence-electron chi connectivity index (χ4n) is 3.28. The number of carbonyl (C=O) groups excluding carboxylic acids is 1. The summed E-state index contributed by atoms with van der Waals surface area (Å²) in [5.41, 5.74) is 0.563. The second kappa shape index (κ2) is 7.66. The fraction of sp³-hybridized carbons (Fsp3) is 0.556. The summed E-state index contributed by atoms with van der Waals surface area (Å²) in [4.78, 5) is 23.2. The van der Waals surface area contributed by atoms with Gasteiger partial charge in [0.05, 0.1) is 19.1 Å². The van der Waals surface area contributed by atoms with Crippen molar-refractivity contribution in [2.24, 2.45) is 5.92 Å². The number of benzene rings is 1. The van der Waals surface area contributed by atoms with Crippen LogP contribution in [0.1, 0.15) is 42.5 Å². The minimum Gasteiger partial charge on any atom is -0.490 e. The van der Waals surface area contributed by atoms with Crippen LogP contribution in [0, 0.1) is 5.92 Å². The van der Waals surface area contributed by atoms with Crippen LogP contribution in [0.3, 0.4) is 0 Å². The van der Waals surface area contributed by atoms with Crippen molar-refractivity contribution in [1.82, 2.24) is 5.32 Å². The third-order valence-electron chi connectivity index (χ3n) is 4.70. The number of hydrogen-bond acceptors (Lipinski definition) is 4. The van der Waals surface area contributed by atoms with Gasteiger partial charge in [0, 0.05) is 24.4 Å². The number of aliphatic carboxylic acids is 1. The Morgan fingerprint density at radius 1 is 1.08 bits per heavy atom. The normalized spacial score (nSPS) is 24.5. The second-order valence-corrected chi connectivity index (χ2v) is 6.47. The molecule has 2 fully saturated rings. The summed E-state index contributed by atoms with van der Waals surface area (Å²) in [6, 6.07) is 7.04. The third kappa shape index (κ3) is 4.26. The zero-order valence-electron chi connectivity index (χ0n) is 13.6. The van der Waals surface area contributed by atoms with Gasteiger partial charge < -0.3 is 19.9 Å². The van der Waals surface area contributed by atoms with E-state index in [4.69, 9.17) is 14.6 Å². The lowest BCUT2D eigenvalue weighted by atomic mass is 10.1. The molecule has 2 N–H and O–H groups in total. The van der Waals surface area contributed by atoms with Crippen LogP contribution in [-0.2, 0) is 9.53 Å². The molecule has 0 radical (unpaired) electrons. The Balaban J connectivity index is 1.51. The van der Waals surface area contributed by atoms with Crippen LogP contribution in [0.15, 0.2) is 24.3 Å². The molecule has 2 atom stereocenters. The topological polar surface area (TPSA) is 84.9 Å². The Kier molecular flexibility index (Phi) is 5.35. The van der Waals surface area contributed by atoms with Gasteiger partial charge in [-0.05, 0) is 43.5 Å². The van der Waals surface area contributed by atoms with Gasteiger partial charge in [0.2, 0.25) is 0 Å². The number of ether oxygens (including phenoxy) is 2. The van der Waals surface area contributed by atoms with Crippen LogP contribution >= 0.6 is 0 Å². The Hall–Kier alpha value is -2.08. The van der Waals surface area contributed by atoms with Crippen molar-refractivity contribution in [3.8, 4) is 5.75 Å². The summed E-state index contributed by atoms with van der Waals surface area (Å²) in [6.07, 6.45) is 3.78. The highest BCUT2D eigenvalue weighted by Crippen LogP contribution is 2.26. The van der Waals surface area contributed by atoms with Crippen LogP contribution in [0.2, 0.25) is 0 Å². The number of rotatable bonds is 5. The van der Waals surface area contributed by atoms with Crippen molar-refractivity contribution in [1.29, 1.82) is 0 Å². The zero-order chi connectivity index (χ0) is 16.9. The van der Waals surface area contributed by atoms with Gasteiger partial charge in [0.15, 0.2) is 0 Å². The van der Waals surface area contributed by atoms with E-state index in [0.717, 1.165) is 31.8 Å². The Morgan fingerprint density at radius 3 is 2.42 bits per heavy atom. The number of carboxylic acid groups (broad SMARTS) is 1. The molecule has 2 aliphatic rings. The van der Waals surface area contributed by atoms with E-state index < -0.39 is 5.97 Å². The Bertz CT molecular complexity index is 580. The molecular formula is C18H23NO5. The number of carbonyl (C=O) groups is 2. The largest absolute Gasteiger partial charge is 0.490 e. The van der Waals surface area contributed by atoms with E-state index in [2.05, 4.69) is 5.32 Å². The molecule has 130 valence electrons. The molecule has 1 aromatic carbocycles. The van der Waals surface area contributed by atoms with Gasteiger partial charge in [-0.3, -0.25) is 9.59 Å². The standard InChI is InChI=1S/C18H23NO5/c20-17(19-14-4-1-13(11-14)18(21)22)12-2-5-15(6-3-12)24-16-7-9-23-10-8-16/h2-3,5-6,13-14,16H,1,4,7-11H2,(H,19,20)(H,21,22)/t13-,14+/m0/s1. The first kappa shape index (κ1) is 16.8. The molecule has 0 bridgehead atoms. The van der Waals surface area contributed by atoms with Gasteiger partial charge in [0.25, 0.3) is 5.91 Å². The quantitative estimate of drug-likeness (QED) is 0.863. The molecule has 1 amide bonds. The average molecular weight is 333 g/mol. The second-order valence-electron chi connectivity index (χ2n) is 6.47. The van der Waals surface area contributed by atoms with Crippen LogP contribution < -0.4 is 10.1 Å². The molecule has 0 unspecified atom stereocenters. The first-order valence-electron chi connectivity index (χ1n) is 8.50. The summed E-state index contributed by atoms with van der Waals surface area (Å²) in [5, 5.41) is 11.9. The predicted octanol–water partition coefficient (Wildman–Crippen LogP) is 2.23. The van der Waals surface area contributed by atoms with Crippen molar-refractivity contribution in [3.05, 3.63) is 29.8 Å². The van der Waals surface area contributed by atoms with Crippen LogP contribution in [-0.4, -0.2) is 42.3 Å². The molecule has 1 heterocycles. The molecule has 0 spiro atoms. The van der Waals surface area contributed by atoms with Gasteiger partial charge in [-0.1, -0.05) is 0 Å². The first-order chi connectivity index (χ1) is 11.6. The van der Waals surface area contributed by atoms with Gasteiger partial charge in [-0.15, -0.1) is 0 Å². The molecule has 1 aliphatic carbocycles. The first-order valence-corrected chi connectivity index (χ1v) is 8.50. The molecule has 6 heteroatoms. The van der Waals surface area contributed by atoms with Crippen molar-refractivity contribution in [2.75, 3.05) is 13.2 Å².